The van der Waals surface area contributed by atoms with Crippen molar-refractivity contribution in [2.75, 3.05) is 24.3 Å². The molecule has 0 aromatic heterocycles. The number of alkyl halides is 3. The van der Waals surface area contributed by atoms with Crippen molar-refractivity contribution in [2.45, 2.75) is 65.2 Å². The van der Waals surface area contributed by atoms with E-state index in [2.05, 4.69) is 22.5 Å². The summed E-state index contributed by atoms with van der Waals surface area (Å²) >= 11 is 6.34. The third kappa shape index (κ3) is 8.16. The second-order valence-corrected chi connectivity index (χ2v) is 11.9. The molecule has 1 aliphatic carbocycles. The van der Waals surface area contributed by atoms with Crippen LogP contribution in [0.3, 0.4) is 0 Å². The number of amides is 2. The summed E-state index contributed by atoms with van der Waals surface area (Å²) < 4.78 is 39.2. The molecule has 0 spiro atoms. The molecule has 2 aromatic carbocycles. The summed E-state index contributed by atoms with van der Waals surface area (Å²) in [6.45, 7) is 9.88. The van der Waals surface area contributed by atoms with E-state index in [0.717, 1.165) is 16.8 Å². The molecule has 0 radical (unpaired) electrons. The molecule has 2 amide bonds. The zero-order valence-electron chi connectivity index (χ0n) is 23.6. The molecule has 0 atom stereocenters. The molecule has 0 aliphatic heterocycles. The molecule has 2 aromatic rings. The zero-order chi connectivity index (χ0) is 29.8. The second-order valence-electron chi connectivity index (χ2n) is 11.5. The molecule has 10 heteroatoms. The van der Waals surface area contributed by atoms with Crippen LogP contribution in [0.2, 0.25) is 5.02 Å². The molecule has 3 N–H and O–H groups in total. The van der Waals surface area contributed by atoms with Crippen LogP contribution in [0, 0.1) is 11.3 Å². The quantitative estimate of drug-likeness (QED) is 0.315. The minimum atomic E-state index is -4.16. The van der Waals surface area contributed by atoms with E-state index in [1.807, 2.05) is 45.8 Å². The van der Waals surface area contributed by atoms with E-state index in [-0.39, 0.29) is 41.9 Å². The lowest BCUT2D eigenvalue weighted by atomic mass is 9.85. The zero-order valence-corrected chi connectivity index (χ0v) is 24.4. The molecule has 218 valence electrons. The van der Waals surface area contributed by atoms with Crippen LogP contribution in [0.4, 0.5) is 24.5 Å². The van der Waals surface area contributed by atoms with Crippen molar-refractivity contribution in [1.82, 2.24) is 10.6 Å². The van der Waals surface area contributed by atoms with E-state index in [0.29, 0.717) is 24.2 Å². The van der Waals surface area contributed by atoms with Crippen LogP contribution < -0.4 is 20.9 Å². The fourth-order valence-corrected chi connectivity index (χ4v) is 4.84. The van der Waals surface area contributed by atoms with Gasteiger partial charge < -0.3 is 20.9 Å². The van der Waals surface area contributed by atoms with Gasteiger partial charge in [0.2, 0.25) is 5.91 Å². The summed E-state index contributed by atoms with van der Waals surface area (Å²) in [7, 11) is 3.76. The summed E-state index contributed by atoms with van der Waals surface area (Å²) in [6.07, 6.45) is -3.17. The lowest BCUT2D eigenvalue weighted by Crippen LogP contribution is -2.36. The Morgan fingerprint density at radius 1 is 1.00 bits per heavy atom. The molecular formula is C30H38ClF3N4O2. The Hall–Kier alpha value is -3.20. The highest BCUT2D eigenvalue weighted by Gasteiger charge is 2.41. The first-order valence-corrected chi connectivity index (χ1v) is 13.7. The monoisotopic (exact) mass is 578 g/mol. The van der Waals surface area contributed by atoms with Crippen LogP contribution in [-0.4, -0.2) is 38.1 Å². The summed E-state index contributed by atoms with van der Waals surface area (Å²) in [6, 6.07) is 10.3. The minimum absolute atomic E-state index is 0.0881. The smallest absolute Gasteiger partial charge is 0.382 e. The van der Waals surface area contributed by atoms with Crippen LogP contribution in [0.5, 0.6) is 0 Å². The largest absolute Gasteiger partial charge is 0.391 e. The van der Waals surface area contributed by atoms with Crippen molar-refractivity contribution in [3.63, 3.8) is 0 Å². The van der Waals surface area contributed by atoms with E-state index in [1.165, 1.54) is 0 Å². The van der Waals surface area contributed by atoms with Gasteiger partial charge in [0.15, 0.2) is 0 Å². The summed E-state index contributed by atoms with van der Waals surface area (Å²) in [5.74, 6) is -1.78. The number of rotatable bonds is 8. The van der Waals surface area contributed by atoms with Gasteiger partial charge in [-0.2, -0.15) is 13.2 Å². The van der Waals surface area contributed by atoms with Crippen LogP contribution in [-0.2, 0) is 11.3 Å². The van der Waals surface area contributed by atoms with E-state index >= 15 is 0 Å². The summed E-state index contributed by atoms with van der Waals surface area (Å²) in [5, 5.41) is 9.32. The van der Waals surface area contributed by atoms with Gasteiger partial charge in [0.05, 0.1) is 16.5 Å². The maximum atomic E-state index is 13.2. The Kier molecular flexibility index (Phi) is 9.82. The predicted molar refractivity (Wildman–Crippen MR) is 155 cm³/mol. The number of hydrogen-bond acceptors (Lipinski definition) is 4. The second kappa shape index (κ2) is 12.5. The number of halogens is 4. The Balaban J connectivity index is 1.74. The van der Waals surface area contributed by atoms with Gasteiger partial charge in [-0.25, -0.2) is 0 Å². The van der Waals surface area contributed by atoms with E-state index in [9.17, 15) is 22.8 Å². The average Bonchev–Trinajstić information content (AvgIpc) is 2.86. The fraction of sp³-hybridized carbons (Fsp3) is 0.467. The maximum Gasteiger partial charge on any atom is 0.391 e. The molecule has 1 fully saturated rings. The first kappa shape index (κ1) is 31.3. The van der Waals surface area contributed by atoms with Gasteiger partial charge in [-0.3, -0.25) is 9.59 Å². The molecule has 1 saturated carbocycles. The van der Waals surface area contributed by atoms with E-state index < -0.39 is 23.4 Å². The number of nitrogens with one attached hydrogen (secondary N) is 3. The van der Waals surface area contributed by atoms with E-state index in [1.54, 1.807) is 30.3 Å². The minimum Gasteiger partial charge on any atom is -0.382 e. The highest BCUT2D eigenvalue weighted by molar-refractivity contribution is 6.34. The van der Waals surface area contributed by atoms with Crippen molar-refractivity contribution in [3.05, 3.63) is 64.7 Å². The van der Waals surface area contributed by atoms with Crippen LogP contribution in [0.1, 0.15) is 67.9 Å². The Morgan fingerprint density at radius 3 is 2.23 bits per heavy atom. The highest BCUT2D eigenvalue weighted by Crippen LogP contribution is 2.38. The number of carbonyl (C=O) groups excluding carboxylic acids is 2. The van der Waals surface area contributed by atoms with Crippen molar-refractivity contribution >= 4 is 40.5 Å². The van der Waals surface area contributed by atoms with Gasteiger partial charge in [0, 0.05) is 54.7 Å². The third-order valence-electron chi connectivity index (χ3n) is 7.04. The highest BCUT2D eigenvalue weighted by atomic mass is 35.5. The van der Waals surface area contributed by atoms with Crippen LogP contribution in [0.25, 0.3) is 5.70 Å². The number of anilines is 2. The summed E-state index contributed by atoms with van der Waals surface area (Å²) in [5.41, 5.74) is 3.11. The molecule has 1 aliphatic rings. The summed E-state index contributed by atoms with van der Waals surface area (Å²) in [4.78, 5) is 27.3. The number of hydrogen-bond donors (Lipinski definition) is 3. The Morgan fingerprint density at radius 2 is 1.65 bits per heavy atom. The number of nitrogens with zero attached hydrogens (tertiary/aromatic N) is 1. The average molecular weight is 579 g/mol. The Bertz CT molecular complexity index is 1250. The molecule has 6 nitrogen and oxygen atoms in total. The molecule has 0 heterocycles. The van der Waals surface area contributed by atoms with Gasteiger partial charge in [-0.1, -0.05) is 45.0 Å². The van der Waals surface area contributed by atoms with Crippen molar-refractivity contribution < 1.29 is 22.8 Å². The molecular weight excluding hydrogens is 541 g/mol. The fourth-order valence-electron chi connectivity index (χ4n) is 4.64. The molecule has 0 saturated heterocycles. The standard InChI is InChI=1S/C30H38ClF3N4O2/c1-18(36-21-10-8-20(9-11-21)30(32,33)34)23-16-22(12-14-26(23)38(5)6)37-27(39)24-15-19(7-13-25(24)31)17-35-28(40)29(2,3)4/h7,12-16,20-21,36H,1,8-11,17H2,2-6H3,(H,35,40)(H,37,39). The van der Waals surface area contributed by atoms with Gasteiger partial charge in [0.25, 0.3) is 5.91 Å². The van der Waals surface area contributed by atoms with Gasteiger partial charge in [-0.15, -0.1) is 0 Å². The molecule has 0 bridgehead atoms. The first-order chi connectivity index (χ1) is 18.6. The topological polar surface area (TPSA) is 73.5 Å². The number of carbonyl (C=O) groups is 2. The number of benzene rings is 2. The van der Waals surface area contributed by atoms with Crippen molar-refractivity contribution in [1.29, 1.82) is 0 Å². The van der Waals surface area contributed by atoms with Gasteiger partial charge in [-0.05, 0) is 61.6 Å². The SMILES string of the molecule is C=C(NC1CCC(C(F)(F)F)CC1)c1cc(NC(=O)c2cc(CNC(=O)C(C)(C)C)ccc2Cl)ccc1N(C)C. The molecule has 40 heavy (non-hydrogen) atoms. The predicted octanol–water partition coefficient (Wildman–Crippen LogP) is 7.00. The van der Waals surface area contributed by atoms with Gasteiger partial charge in [0.1, 0.15) is 0 Å². The first-order valence-electron chi connectivity index (χ1n) is 13.3. The molecule has 3 rings (SSSR count). The Labute approximate surface area is 239 Å². The van der Waals surface area contributed by atoms with E-state index in [4.69, 9.17) is 11.6 Å². The van der Waals surface area contributed by atoms with Gasteiger partial charge >= 0.3 is 6.18 Å². The van der Waals surface area contributed by atoms with Crippen LogP contribution in [0.15, 0.2) is 43.0 Å². The normalized spacial score (nSPS) is 17.6. The van der Waals surface area contributed by atoms with Crippen molar-refractivity contribution in [2.24, 2.45) is 11.3 Å². The lowest BCUT2D eigenvalue weighted by Gasteiger charge is -2.32. The third-order valence-corrected chi connectivity index (χ3v) is 7.37. The lowest BCUT2D eigenvalue weighted by molar-refractivity contribution is -0.182. The maximum absolute atomic E-state index is 13.2. The van der Waals surface area contributed by atoms with Crippen molar-refractivity contribution in [3.8, 4) is 0 Å². The van der Waals surface area contributed by atoms with Crippen LogP contribution >= 0.6 is 11.6 Å². The molecule has 0 unspecified atom stereocenters.